The zero-order chi connectivity index (χ0) is 18.0. The van der Waals surface area contributed by atoms with Crippen LogP contribution in [0.15, 0.2) is 42.5 Å². The molecule has 2 aromatic carbocycles. The Labute approximate surface area is 144 Å². The Morgan fingerprint density at radius 1 is 1.16 bits per heavy atom. The molecule has 0 bridgehead atoms. The van der Waals surface area contributed by atoms with Gasteiger partial charge in [-0.15, -0.1) is 13.2 Å². The van der Waals surface area contributed by atoms with Crippen LogP contribution in [0.5, 0.6) is 5.75 Å². The number of aliphatic carboxylic acids is 1. The maximum atomic E-state index is 12.3. The van der Waals surface area contributed by atoms with E-state index in [4.69, 9.17) is 0 Å². The lowest BCUT2D eigenvalue weighted by Gasteiger charge is -2.14. The quantitative estimate of drug-likeness (QED) is 0.737. The summed E-state index contributed by atoms with van der Waals surface area (Å²) in [6.45, 7) is 0. The molecule has 0 spiro atoms. The van der Waals surface area contributed by atoms with E-state index in [0.29, 0.717) is 22.2 Å². The van der Waals surface area contributed by atoms with Crippen molar-refractivity contribution in [1.29, 1.82) is 0 Å². The molecule has 0 aliphatic rings. The molecule has 1 aromatic heterocycles. The number of nitrogens with zero attached hydrogens (tertiary/aromatic N) is 2. The van der Waals surface area contributed by atoms with Crippen molar-refractivity contribution in [3.8, 4) is 5.75 Å². The standard InChI is InChI=1S/C16H11F3N2O3S/c17-16(18,19)24-11-3-1-2-9(6-11)7-12(15(22)23)10-4-5-13-14(8-10)21-25-20-13/h1-6,8,12H,7H2,(H,22,23). The highest BCUT2D eigenvalue weighted by Crippen LogP contribution is 2.28. The van der Waals surface area contributed by atoms with Crippen LogP contribution in [0.2, 0.25) is 0 Å². The minimum Gasteiger partial charge on any atom is -0.481 e. The van der Waals surface area contributed by atoms with Gasteiger partial charge in [-0.05, 0) is 41.8 Å². The van der Waals surface area contributed by atoms with Crippen LogP contribution in [0.1, 0.15) is 17.0 Å². The number of hydrogen-bond acceptors (Lipinski definition) is 5. The average Bonchev–Trinajstić information content (AvgIpc) is 2.98. The molecule has 1 atom stereocenters. The fraction of sp³-hybridized carbons (Fsp3) is 0.188. The molecule has 1 N–H and O–H groups in total. The predicted octanol–water partition coefficient (Wildman–Crippen LogP) is 4.00. The van der Waals surface area contributed by atoms with E-state index < -0.39 is 18.2 Å². The van der Waals surface area contributed by atoms with Crippen molar-refractivity contribution in [3.63, 3.8) is 0 Å². The lowest BCUT2D eigenvalue weighted by molar-refractivity contribution is -0.274. The summed E-state index contributed by atoms with van der Waals surface area (Å²) in [6, 6.07) is 10.2. The number of carbonyl (C=O) groups is 1. The van der Waals surface area contributed by atoms with E-state index in [1.165, 1.54) is 18.2 Å². The number of rotatable bonds is 5. The Balaban J connectivity index is 1.87. The van der Waals surface area contributed by atoms with Gasteiger partial charge in [-0.3, -0.25) is 4.79 Å². The van der Waals surface area contributed by atoms with Crippen LogP contribution in [0, 0.1) is 0 Å². The highest BCUT2D eigenvalue weighted by atomic mass is 32.1. The number of aromatic nitrogens is 2. The summed E-state index contributed by atoms with van der Waals surface area (Å²) < 4.78 is 49.0. The second-order valence-corrected chi connectivity index (χ2v) is 5.83. The first-order valence-electron chi connectivity index (χ1n) is 7.11. The molecular weight excluding hydrogens is 357 g/mol. The molecule has 1 unspecified atom stereocenters. The first-order chi connectivity index (χ1) is 11.8. The summed E-state index contributed by atoms with van der Waals surface area (Å²) in [7, 11) is 0. The van der Waals surface area contributed by atoms with Gasteiger partial charge in [0.2, 0.25) is 0 Å². The largest absolute Gasteiger partial charge is 0.573 e. The van der Waals surface area contributed by atoms with Gasteiger partial charge in [0.1, 0.15) is 16.8 Å². The van der Waals surface area contributed by atoms with Gasteiger partial charge in [0.05, 0.1) is 17.6 Å². The van der Waals surface area contributed by atoms with Crippen LogP contribution in [0.4, 0.5) is 13.2 Å². The van der Waals surface area contributed by atoms with E-state index in [2.05, 4.69) is 13.5 Å². The third-order valence-corrected chi connectivity index (χ3v) is 4.11. The summed E-state index contributed by atoms with van der Waals surface area (Å²) in [5, 5.41) is 9.52. The minimum atomic E-state index is -4.80. The third kappa shape index (κ3) is 4.24. The number of ether oxygens (including phenoxy) is 1. The molecule has 3 aromatic rings. The normalized spacial score (nSPS) is 12.9. The van der Waals surface area contributed by atoms with Gasteiger partial charge in [0.25, 0.3) is 0 Å². The molecule has 0 aliphatic carbocycles. The van der Waals surface area contributed by atoms with Crippen molar-refractivity contribution in [2.24, 2.45) is 0 Å². The molecule has 0 amide bonds. The number of alkyl halides is 3. The smallest absolute Gasteiger partial charge is 0.481 e. The summed E-state index contributed by atoms with van der Waals surface area (Å²) in [6.07, 6.45) is -4.78. The van der Waals surface area contributed by atoms with Crippen LogP contribution in [-0.2, 0) is 11.2 Å². The minimum absolute atomic E-state index is 0.0213. The van der Waals surface area contributed by atoms with Crippen LogP contribution in [0.25, 0.3) is 11.0 Å². The van der Waals surface area contributed by atoms with Gasteiger partial charge in [-0.2, -0.15) is 8.75 Å². The average molecular weight is 368 g/mol. The molecule has 130 valence electrons. The fourth-order valence-electron chi connectivity index (χ4n) is 2.47. The highest BCUT2D eigenvalue weighted by molar-refractivity contribution is 7.00. The number of carboxylic acid groups (broad SMARTS) is 1. The maximum absolute atomic E-state index is 12.3. The molecule has 5 nitrogen and oxygen atoms in total. The maximum Gasteiger partial charge on any atom is 0.573 e. The molecule has 3 rings (SSSR count). The third-order valence-electron chi connectivity index (χ3n) is 3.55. The Morgan fingerprint density at radius 3 is 2.64 bits per heavy atom. The van der Waals surface area contributed by atoms with Crippen LogP contribution in [0.3, 0.4) is 0 Å². The van der Waals surface area contributed by atoms with Crippen LogP contribution < -0.4 is 4.74 Å². The molecule has 0 radical (unpaired) electrons. The summed E-state index contributed by atoms with van der Waals surface area (Å²) in [5.74, 6) is -2.38. The van der Waals surface area contributed by atoms with E-state index in [1.54, 1.807) is 24.3 Å². The van der Waals surface area contributed by atoms with Crippen LogP contribution in [-0.4, -0.2) is 26.2 Å². The van der Waals surface area contributed by atoms with E-state index >= 15 is 0 Å². The predicted molar refractivity (Wildman–Crippen MR) is 84.6 cm³/mol. The number of carboxylic acids is 1. The summed E-state index contributed by atoms with van der Waals surface area (Å²) >= 11 is 1.02. The Hall–Kier alpha value is -2.68. The second-order valence-electron chi connectivity index (χ2n) is 5.30. The van der Waals surface area contributed by atoms with E-state index in [-0.39, 0.29) is 12.2 Å². The molecule has 0 saturated carbocycles. The van der Waals surface area contributed by atoms with Gasteiger partial charge in [-0.25, -0.2) is 0 Å². The van der Waals surface area contributed by atoms with Gasteiger partial charge < -0.3 is 9.84 Å². The zero-order valence-corrected chi connectivity index (χ0v) is 13.3. The van der Waals surface area contributed by atoms with Gasteiger partial charge >= 0.3 is 12.3 Å². The first-order valence-corrected chi connectivity index (χ1v) is 7.84. The van der Waals surface area contributed by atoms with Gasteiger partial charge in [0, 0.05) is 0 Å². The molecule has 0 fully saturated rings. The summed E-state index contributed by atoms with van der Waals surface area (Å²) in [4.78, 5) is 11.6. The van der Waals surface area contributed by atoms with Crippen molar-refractivity contribution in [2.45, 2.75) is 18.7 Å². The first kappa shape index (κ1) is 17.2. The van der Waals surface area contributed by atoms with Crippen molar-refractivity contribution in [2.75, 3.05) is 0 Å². The molecular formula is C16H11F3N2O3S. The molecule has 25 heavy (non-hydrogen) atoms. The van der Waals surface area contributed by atoms with Crippen molar-refractivity contribution < 1.29 is 27.8 Å². The SMILES string of the molecule is O=C(O)C(Cc1cccc(OC(F)(F)F)c1)c1ccc2nsnc2c1. The zero-order valence-electron chi connectivity index (χ0n) is 12.5. The molecule has 0 saturated heterocycles. The number of hydrogen-bond donors (Lipinski definition) is 1. The van der Waals surface area contributed by atoms with Gasteiger partial charge in [-0.1, -0.05) is 18.2 Å². The topological polar surface area (TPSA) is 72.3 Å². The monoisotopic (exact) mass is 368 g/mol. The number of benzene rings is 2. The number of fused-ring (bicyclic) bond motifs is 1. The Bertz CT molecular complexity index is 911. The van der Waals surface area contributed by atoms with Crippen molar-refractivity contribution >= 4 is 28.7 Å². The summed E-state index contributed by atoms with van der Waals surface area (Å²) in [5.41, 5.74) is 2.18. The van der Waals surface area contributed by atoms with Crippen molar-refractivity contribution in [3.05, 3.63) is 53.6 Å². The second kappa shape index (κ2) is 6.67. The molecule has 0 aliphatic heterocycles. The Morgan fingerprint density at radius 2 is 1.92 bits per heavy atom. The van der Waals surface area contributed by atoms with Crippen molar-refractivity contribution in [1.82, 2.24) is 8.75 Å². The fourth-order valence-corrected chi connectivity index (χ4v) is 2.99. The molecule has 1 heterocycles. The van der Waals surface area contributed by atoms with E-state index in [9.17, 15) is 23.1 Å². The molecule has 9 heteroatoms. The van der Waals surface area contributed by atoms with E-state index in [0.717, 1.165) is 11.7 Å². The highest BCUT2D eigenvalue weighted by Gasteiger charge is 2.31. The van der Waals surface area contributed by atoms with E-state index in [1.807, 2.05) is 0 Å². The van der Waals surface area contributed by atoms with Crippen LogP contribution >= 0.6 is 11.7 Å². The Kier molecular flexibility index (Phi) is 4.58. The lowest BCUT2D eigenvalue weighted by atomic mass is 9.91. The van der Waals surface area contributed by atoms with Gasteiger partial charge in [0.15, 0.2) is 0 Å². The number of halogens is 3. The lowest BCUT2D eigenvalue weighted by Crippen LogP contribution is -2.17.